The average molecular weight is 419 g/mol. The van der Waals surface area contributed by atoms with Crippen LogP contribution in [0, 0.1) is 46.3 Å². The number of hydrogen-bond acceptors (Lipinski definition) is 3. The molecule has 4 fully saturated rings. The Hall–Kier alpha value is -0.410. The van der Waals surface area contributed by atoms with Crippen molar-refractivity contribution >= 4 is 5.78 Å². The number of fused-ring (bicyclic) bond motifs is 5. The van der Waals surface area contributed by atoms with Gasteiger partial charge in [0.1, 0.15) is 5.60 Å². The Bertz CT molecular complexity index is 658. The van der Waals surface area contributed by atoms with Gasteiger partial charge < -0.3 is 10.2 Å². The zero-order valence-corrected chi connectivity index (χ0v) is 20.1. The van der Waals surface area contributed by atoms with Gasteiger partial charge in [0, 0.05) is 18.3 Å². The van der Waals surface area contributed by atoms with Crippen molar-refractivity contribution in [1.82, 2.24) is 0 Å². The summed E-state index contributed by atoms with van der Waals surface area (Å²) in [5, 5.41) is 21.7. The van der Waals surface area contributed by atoms with E-state index in [4.69, 9.17) is 0 Å². The summed E-state index contributed by atoms with van der Waals surface area (Å²) in [6.45, 7) is 11.9. The lowest BCUT2D eigenvalue weighted by molar-refractivity contribution is -0.213. The Morgan fingerprint density at radius 2 is 1.73 bits per heavy atom. The fraction of sp³-hybridized carbons (Fsp3) is 0.963. The van der Waals surface area contributed by atoms with E-state index in [1.807, 2.05) is 0 Å². The van der Waals surface area contributed by atoms with Crippen LogP contribution in [0.5, 0.6) is 0 Å². The summed E-state index contributed by atoms with van der Waals surface area (Å²) in [5.41, 5.74) is -1.30. The highest BCUT2D eigenvalue weighted by Gasteiger charge is 2.67. The molecule has 0 aliphatic heterocycles. The number of Topliss-reactive ketones (excluding diaryl/α,β-unsaturated/α-hetero) is 1. The van der Waals surface area contributed by atoms with Gasteiger partial charge >= 0.3 is 0 Å². The number of aliphatic hydroxyl groups is 2. The Balaban J connectivity index is 1.54. The van der Waals surface area contributed by atoms with Crippen LogP contribution in [0.3, 0.4) is 0 Å². The number of hydrogen-bond donors (Lipinski definition) is 2. The minimum Gasteiger partial charge on any atom is -0.393 e. The summed E-state index contributed by atoms with van der Waals surface area (Å²) in [6, 6.07) is 0. The SMILES string of the molecule is CC(C)CCCC(C)C1CCC2C3CC(=O)C4(O)C[C@@H](O)CC[C@]4(C)C3CC[C@]12C. The standard InChI is InChI=1S/C27H46O3/c1-17(2)7-6-8-18(3)21-9-10-22-20-15-24(29)27(30)16-19(28)11-14-26(27,5)23(20)12-13-25(21,22)4/h17-23,28,30H,6-16H2,1-5H3/t18?,19-,20?,21?,22?,23?,25+,26+,27?/m0/s1. The molecule has 30 heavy (non-hydrogen) atoms. The molecule has 2 N–H and O–H groups in total. The van der Waals surface area contributed by atoms with E-state index < -0.39 is 11.7 Å². The third kappa shape index (κ3) is 3.33. The van der Waals surface area contributed by atoms with E-state index >= 15 is 0 Å². The summed E-state index contributed by atoms with van der Waals surface area (Å²) in [7, 11) is 0. The molecule has 4 saturated carbocycles. The van der Waals surface area contributed by atoms with Crippen molar-refractivity contribution in [3.63, 3.8) is 0 Å². The molecule has 0 amide bonds. The molecular formula is C27H46O3. The Labute approximate surface area is 184 Å². The van der Waals surface area contributed by atoms with Crippen LogP contribution in [-0.2, 0) is 4.79 Å². The van der Waals surface area contributed by atoms with Crippen LogP contribution < -0.4 is 0 Å². The molecule has 0 aromatic carbocycles. The van der Waals surface area contributed by atoms with Crippen LogP contribution in [0.1, 0.15) is 105 Å². The number of rotatable bonds is 5. The largest absolute Gasteiger partial charge is 0.393 e. The zero-order valence-electron chi connectivity index (χ0n) is 20.1. The molecule has 6 unspecified atom stereocenters. The molecule has 0 saturated heterocycles. The first-order valence-electron chi connectivity index (χ1n) is 13.0. The Kier molecular flexibility index (Phi) is 5.97. The van der Waals surface area contributed by atoms with Gasteiger partial charge in [-0.15, -0.1) is 0 Å². The van der Waals surface area contributed by atoms with Crippen LogP contribution >= 0.6 is 0 Å². The second kappa shape index (κ2) is 7.87. The van der Waals surface area contributed by atoms with E-state index in [0.717, 1.165) is 37.0 Å². The molecule has 9 atom stereocenters. The van der Waals surface area contributed by atoms with Crippen molar-refractivity contribution in [2.24, 2.45) is 46.3 Å². The quantitative estimate of drug-likeness (QED) is 0.596. The first kappa shape index (κ1) is 22.8. The topological polar surface area (TPSA) is 57.5 Å². The van der Waals surface area contributed by atoms with Crippen molar-refractivity contribution in [2.45, 2.75) is 117 Å². The first-order valence-corrected chi connectivity index (χ1v) is 13.0. The van der Waals surface area contributed by atoms with E-state index in [2.05, 4.69) is 34.6 Å². The van der Waals surface area contributed by atoms with Crippen molar-refractivity contribution in [2.75, 3.05) is 0 Å². The predicted octanol–water partition coefficient (Wildman–Crippen LogP) is 5.76. The Morgan fingerprint density at radius 3 is 2.43 bits per heavy atom. The molecule has 0 bridgehead atoms. The monoisotopic (exact) mass is 418 g/mol. The van der Waals surface area contributed by atoms with Gasteiger partial charge in [-0.3, -0.25) is 4.79 Å². The summed E-state index contributed by atoms with van der Waals surface area (Å²) in [4.78, 5) is 13.3. The van der Waals surface area contributed by atoms with Gasteiger partial charge in [-0.25, -0.2) is 0 Å². The third-order valence-corrected chi connectivity index (χ3v) is 10.8. The minimum absolute atomic E-state index is 0.0303. The molecule has 3 heteroatoms. The van der Waals surface area contributed by atoms with Crippen LogP contribution in [0.2, 0.25) is 0 Å². The molecule has 0 radical (unpaired) electrons. The number of ketones is 1. The number of carbonyl (C=O) groups is 1. The molecule has 172 valence electrons. The first-order chi connectivity index (χ1) is 14.0. The van der Waals surface area contributed by atoms with Gasteiger partial charge in [0.2, 0.25) is 0 Å². The second-order valence-corrected chi connectivity index (χ2v) is 12.7. The lowest BCUT2D eigenvalue weighted by atomic mass is 9.42. The maximum Gasteiger partial charge on any atom is 0.165 e. The summed E-state index contributed by atoms with van der Waals surface area (Å²) >= 11 is 0. The summed E-state index contributed by atoms with van der Waals surface area (Å²) in [5.74, 6) is 3.87. The number of aliphatic hydroxyl groups excluding tert-OH is 1. The fourth-order valence-electron chi connectivity index (χ4n) is 9.04. The molecule has 0 spiro atoms. The third-order valence-electron chi connectivity index (χ3n) is 10.8. The fourth-order valence-corrected chi connectivity index (χ4v) is 9.04. The molecule has 3 nitrogen and oxygen atoms in total. The normalized spacial score (nSPS) is 49.5. The van der Waals surface area contributed by atoms with Gasteiger partial charge in [0.05, 0.1) is 6.10 Å². The van der Waals surface area contributed by atoms with E-state index in [0.29, 0.717) is 29.6 Å². The van der Waals surface area contributed by atoms with Crippen molar-refractivity contribution < 1.29 is 15.0 Å². The van der Waals surface area contributed by atoms with Crippen LogP contribution in [0.25, 0.3) is 0 Å². The molecule has 0 aromatic heterocycles. The van der Waals surface area contributed by atoms with E-state index in [1.54, 1.807) is 0 Å². The maximum absolute atomic E-state index is 13.3. The minimum atomic E-state index is -1.30. The van der Waals surface area contributed by atoms with E-state index in [9.17, 15) is 15.0 Å². The summed E-state index contributed by atoms with van der Waals surface area (Å²) in [6.07, 6.45) is 10.8. The van der Waals surface area contributed by atoms with Crippen molar-refractivity contribution in [3.8, 4) is 0 Å². The second-order valence-electron chi connectivity index (χ2n) is 12.7. The summed E-state index contributed by atoms with van der Waals surface area (Å²) < 4.78 is 0. The van der Waals surface area contributed by atoms with Gasteiger partial charge in [0.15, 0.2) is 5.78 Å². The molecule has 4 aliphatic carbocycles. The van der Waals surface area contributed by atoms with Crippen LogP contribution in [0.15, 0.2) is 0 Å². The number of carbonyl (C=O) groups excluding carboxylic acids is 1. The zero-order chi connectivity index (χ0) is 21.9. The van der Waals surface area contributed by atoms with Gasteiger partial charge in [-0.2, -0.15) is 0 Å². The van der Waals surface area contributed by atoms with Crippen LogP contribution in [-0.4, -0.2) is 27.7 Å². The van der Waals surface area contributed by atoms with Gasteiger partial charge in [-0.1, -0.05) is 53.9 Å². The van der Waals surface area contributed by atoms with Crippen molar-refractivity contribution in [1.29, 1.82) is 0 Å². The highest BCUT2D eigenvalue weighted by molar-refractivity contribution is 5.89. The van der Waals surface area contributed by atoms with Gasteiger partial charge in [0.25, 0.3) is 0 Å². The maximum atomic E-state index is 13.3. The van der Waals surface area contributed by atoms with E-state index in [-0.39, 0.29) is 17.6 Å². The highest BCUT2D eigenvalue weighted by Crippen LogP contribution is 2.68. The van der Waals surface area contributed by atoms with E-state index in [1.165, 1.54) is 38.5 Å². The lowest BCUT2D eigenvalue weighted by Crippen LogP contribution is -2.67. The smallest absolute Gasteiger partial charge is 0.165 e. The van der Waals surface area contributed by atoms with Gasteiger partial charge in [-0.05, 0) is 79.4 Å². The highest BCUT2D eigenvalue weighted by atomic mass is 16.3. The lowest BCUT2D eigenvalue weighted by Gasteiger charge is -2.63. The molecule has 0 aromatic rings. The van der Waals surface area contributed by atoms with Crippen molar-refractivity contribution in [3.05, 3.63) is 0 Å². The molecule has 4 rings (SSSR count). The Morgan fingerprint density at radius 1 is 1.00 bits per heavy atom. The molecule has 0 heterocycles. The average Bonchev–Trinajstić information content (AvgIpc) is 3.01. The molecule has 4 aliphatic rings. The predicted molar refractivity (Wildman–Crippen MR) is 121 cm³/mol. The van der Waals surface area contributed by atoms with Crippen LogP contribution in [0.4, 0.5) is 0 Å². The molecular weight excluding hydrogens is 372 g/mol.